The van der Waals surface area contributed by atoms with Crippen LogP contribution in [0.2, 0.25) is 5.15 Å². The summed E-state index contributed by atoms with van der Waals surface area (Å²) in [4.78, 5) is 17.1. The standard InChI is InChI=1S/C24H24ClF3N4O4S/c25-20-7-5-17(14-29-20)23(33)16-4-6-19-18(13-16)22(30-32(19)21-3-1-2-12-36-21)15-8-10-31(11-9-15)37(34,35)24(26,27)28/h4-7,13-15,21H,1-3,8-12H2. The zero-order valence-electron chi connectivity index (χ0n) is 19.6. The van der Waals surface area contributed by atoms with E-state index in [-0.39, 0.29) is 49.0 Å². The molecule has 2 aliphatic rings. The number of aromatic nitrogens is 3. The van der Waals surface area contributed by atoms with Gasteiger partial charge in [-0.15, -0.1) is 0 Å². The first kappa shape index (κ1) is 26.1. The van der Waals surface area contributed by atoms with E-state index in [0.717, 1.165) is 24.8 Å². The molecule has 0 spiro atoms. The number of piperidine rings is 1. The number of carbonyl (C=O) groups excluding carboxylic acids is 1. The Bertz CT molecular complexity index is 1410. The van der Waals surface area contributed by atoms with E-state index in [1.54, 1.807) is 28.9 Å². The number of halogens is 4. The van der Waals surface area contributed by atoms with E-state index >= 15 is 0 Å². The van der Waals surface area contributed by atoms with Gasteiger partial charge in [-0.25, -0.2) is 18.1 Å². The van der Waals surface area contributed by atoms with Crippen molar-refractivity contribution in [2.24, 2.45) is 0 Å². The summed E-state index contributed by atoms with van der Waals surface area (Å²) in [6.45, 7) is 0.0564. The fourth-order valence-corrected chi connectivity index (χ4v) is 6.03. The lowest BCUT2D eigenvalue weighted by Crippen LogP contribution is -2.44. The molecular formula is C24H24ClF3N4O4S. The number of sulfonamides is 1. The third-order valence-electron chi connectivity index (χ3n) is 6.89. The number of rotatable bonds is 5. The van der Waals surface area contributed by atoms with Gasteiger partial charge < -0.3 is 4.74 Å². The maximum atomic E-state index is 13.1. The van der Waals surface area contributed by atoms with Gasteiger partial charge in [0.05, 0.1) is 11.2 Å². The normalized spacial score (nSPS) is 20.4. The zero-order valence-corrected chi connectivity index (χ0v) is 21.2. The Labute approximate surface area is 216 Å². The van der Waals surface area contributed by atoms with E-state index in [9.17, 15) is 26.4 Å². The molecular weight excluding hydrogens is 533 g/mol. The van der Waals surface area contributed by atoms with Crippen LogP contribution in [0.1, 0.15) is 65.9 Å². The highest BCUT2D eigenvalue weighted by molar-refractivity contribution is 7.90. The highest BCUT2D eigenvalue weighted by atomic mass is 35.5. The second kappa shape index (κ2) is 9.97. The van der Waals surface area contributed by atoms with Crippen LogP contribution in [0.25, 0.3) is 10.9 Å². The Balaban J connectivity index is 1.50. The summed E-state index contributed by atoms with van der Waals surface area (Å²) in [6, 6.07) is 8.33. The van der Waals surface area contributed by atoms with Gasteiger partial charge in [-0.2, -0.15) is 22.6 Å². The summed E-state index contributed by atoms with van der Waals surface area (Å²) in [5.41, 5.74) is -3.20. The number of hydrogen-bond acceptors (Lipinski definition) is 6. The van der Waals surface area contributed by atoms with Crippen LogP contribution in [0.15, 0.2) is 36.5 Å². The lowest BCUT2D eigenvalue weighted by Gasteiger charge is -2.31. The average molecular weight is 557 g/mol. The third-order valence-corrected chi connectivity index (χ3v) is 8.74. The van der Waals surface area contributed by atoms with Gasteiger partial charge in [-0.05, 0) is 62.4 Å². The number of hydrogen-bond donors (Lipinski definition) is 0. The molecule has 5 rings (SSSR count). The van der Waals surface area contributed by atoms with Crippen LogP contribution in [0, 0.1) is 0 Å². The van der Waals surface area contributed by atoms with Crippen LogP contribution in [-0.2, 0) is 14.8 Å². The van der Waals surface area contributed by atoms with Gasteiger partial charge in [0.1, 0.15) is 5.15 Å². The third kappa shape index (κ3) is 4.99. The van der Waals surface area contributed by atoms with E-state index in [0.29, 0.717) is 33.1 Å². The number of pyridine rings is 1. The minimum atomic E-state index is -5.38. The number of ether oxygens (including phenoxy) is 1. The molecule has 1 atom stereocenters. The molecule has 2 aromatic heterocycles. The molecule has 0 N–H and O–H groups in total. The van der Waals surface area contributed by atoms with Crippen molar-refractivity contribution in [2.75, 3.05) is 19.7 Å². The molecule has 2 fully saturated rings. The zero-order chi connectivity index (χ0) is 26.4. The van der Waals surface area contributed by atoms with Crippen LogP contribution in [0.5, 0.6) is 0 Å². The fourth-order valence-electron chi connectivity index (χ4n) is 4.94. The van der Waals surface area contributed by atoms with Crippen molar-refractivity contribution < 1.29 is 31.1 Å². The molecule has 2 saturated heterocycles. The van der Waals surface area contributed by atoms with Crippen molar-refractivity contribution in [1.29, 1.82) is 0 Å². The molecule has 1 unspecified atom stereocenters. The maximum Gasteiger partial charge on any atom is 0.511 e. The smallest absolute Gasteiger partial charge is 0.356 e. The van der Waals surface area contributed by atoms with Gasteiger partial charge >= 0.3 is 15.5 Å². The van der Waals surface area contributed by atoms with E-state index < -0.39 is 15.5 Å². The summed E-state index contributed by atoms with van der Waals surface area (Å²) in [6.07, 6.45) is 4.12. The number of alkyl halides is 3. The molecule has 3 aromatic rings. The molecule has 2 aliphatic heterocycles. The summed E-state index contributed by atoms with van der Waals surface area (Å²) < 4.78 is 71.0. The summed E-state index contributed by atoms with van der Waals surface area (Å²) in [5.74, 6) is -0.542. The monoisotopic (exact) mass is 556 g/mol. The summed E-state index contributed by atoms with van der Waals surface area (Å²) >= 11 is 5.84. The molecule has 1 aromatic carbocycles. The number of ketones is 1. The Hall–Kier alpha value is -2.54. The Morgan fingerprint density at radius 1 is 1.05 bits per heavy atom. The van der Waals surface area contributed by atoms with Crippen molar-refractivity contribution in [3.05, 3.63) is 58.5 Å². The Kier molecular flexibility index (Phi) is 7.03. The average Bonchev–Trinajstić information content (AvgIpc) is 3.27. The van der Waals surface area contributed by atoms with E-state index in [1.807, 2.05) is 0 Å². The van der Waals surface area contributed by atoms with E-state index in [2.05, 4.69) is 4.98 Å². The van der Waals surface area contributed by atoms with Gasteiger partial charge in [0.2, 0.25) is 0 Å². The summed E-state index contributed by atoms with van der Waals surface area (Å²) in [7, 11) is -5.38. The van der Waals surface area contributed by atoms with Gasteiger partial charge in [0.25, 0.3) is 0 Å². The minimum Gasteiger partial charge on any atom is -0.356 e. The lowest BCUT2D eigenvalue weighted by atomic mass is 9.91. The predicted molar refractivity (Wildman–Crippen MR) is 130 cm³/mol. The molecule has 4 heterocycles. The molecule has 0 saturated carbocycles. The number of fused-ring (bicyclic) bond motifs is 1. The highest BCUT2D eigenvalue weighted by Gasteiger charge is 2.50. The van der Waals surface area contributed by atoms with E-state index in [1.165, 1.54) is 12.3 Å². The number of benzene rings is 1. The first-order valence-corrected chi connectivity index (χ1v) is 13.7. The Morgan fingerprint density at radius 3 is 2.41 bits per heavy atom. The molecule has 0 amide bonds. The second-order valence-electron chi connectivity index (χ2n) is 9.21. The predicted octanol–water partition coefficient (Wildman–Crippen LogP) is 5.04. The van der Waals surface area contributed by atoms with Crippen LogP contribution in [-0.4, -0.2) is 58.5 Å². The first-order chi connectivity index (χ1) is 17.6. The summed E-state index contributed by atoms with van der Waals surface area (Å²) in [5, 5.41) is 5.78. The largest absolute Gasteiger partial charge is 0.511 e. The quantitative estimate of drug-likeness (QED) is 0.323. The minimum absolute atomic E-state index is 0.173. The molecule has 0 bridgehead atoms. The molecule has 8 nitrogen and oxygen atoms in total. The molecule has 37 heavy (non-hydrogen) atoms. The van der Waals surface area contributed by atoms with Gasteiger partial charge in [0, 0.05) is 48.3 Å². The molecule has 0 radical (unpaired) electrons. The fraction of sp³-hybridized carbons (Fsp3) is 0.458. The van der Waals surface area contributed by atoms with Crippen molar-refractivity contribution in [1.82, 2.24) is 19.1 Å². The molecule has 198 valence electrons. The number of nitrogens with zero attached hydrogens (tertiary/aromatic N) is 4. The Morgan fingerprint density at radius 2 is 1.78 bits per heavy atom. The van der Waals surface area contributed by atoms with Crippen molar-refractivity contribution in [3.63, 3.8) is 0 Å². The van der Waals surface area contributed by atoms with Crippen molar-refractivity contribution >= 4 is 38.3 Å². The topological polar surface area (TPSA) is 94.4 Å². The van der Waals surface area contributed by atoms with Crippen LogP contribution in [0.4, 0.5) is 13.2 Å². The van der Waals surface area contributed by atoms with Crippen LogP contribution >= 0.6 is 11.6 Å². The highest BCUT2D eigenvalue weighted by Crippen LogP contribution is 2.38. The molecule has 13 heteroatoms. The first-order valence-electron chi connectivity index (χ1n) is 11.9. The van der Waals surface area contributed by atoms with Gasteiger partial charge in [0.15, 0.2) is 12.0 Å². The van der Waals surface area contributed by atoms with Crippen molar-refractivity contribution in [3.8, 4) is 0 Å². The van der Waals surface area contributed by atoms with Gasteiger partial charge in [-0.1, -0.05) is 11.6 Å². The van der Waals surface area contributed by atoms with Crippen LogP contribution in [0.3, 0.4) is 0 Å². The van der Waals surface area contributed by atoms with Gasteiger partial charge in [-0.3, -0.25) is 4.79 Å². The lowest BCUT2D eigenvalue weighted by molar-refractivity contribution is -0.0495. The van der Waals surface area contributed by atoms with Crippen molar-refractivity contribution in [2.45, 2.75) is 49.8 Å². The SMILES string of the molecule is O=C(c1ccc(Cl)nc1)c1ccc2c(c1)c(C1CCN(S(=O)(=O)C(F)(F)F)CC1)nn2C1CCCCO1. The van der Waals surface area contributed by atoms with Crippen LogP contribution < -0.4 is 0 Å². The second-order valence-corrected chi connectivity index (χ2v) is 11.5. The number of carbonyl (C=O) groups is 1. The van der Waals surface area contributed by atoms with E-state index in [4.69, 9.17) is 21.4 Å². The molecule has 0 aliphatic carbocycles. The maximum absolute atomic E-state index is 13.1.